The van der Waals surface area contributed by atoms with Crippen LogP contribution in [-0.4, -0.2) is 94.3 Å². The molecule has 454 valence electrons. The van der Waals surface area contributed by atoms with Gasteiger partial charge in [-0.25, -0.2) is 0 Å². The van der Waals surface area contributed by atoms with Gasteiger partial charge in [-0.2, -0.15) is 0 Å². The molecule has 0 aromatic heterocycles. The molecule has 0 N–H and O–H groups in total. The Morgan fingerprint density at radius 2 is 0.629 bits per heavy atom. The van der Waals surface area contributed by atoms with E-state index in [2.05, 4.69) is 62.3 Å². The van der Waals surface area contributed by atoms with Crippen LogP contribution in [0.5, 0.6) is 46.0 Å². The van der Waals surface area contributed by atoms with Gasteiger partial charge in [-0.05, 0) is 157 Å². The van der Waals surface area contributed by atoms with E-state index < -0.39 is 36.7 Å². The molecule has 13 rings (SSSR count). The molecular weight excluding hydrogens is 1120 g/mol. The van der Waals surface area contributed by atoms with Gasteiger partial charge in [0.2, 0.25) is 11.8 Å². The van der Waals surface area contributed by atoms with Crippen molar-refractivity contribution in [1.29, 1.82) is 0 Å². The first-order valence-electron chi connectivity index (χ1n) is 31.5. The number of likely N-dealkylation sites (tertiary alicyclic amines) is 2. The van der Waals surface area contributed by atoms with Crippen molar-refractivity contribution >= 4 is 78.5 Å². The SMILES string of the molecule is CC(C)c1ccc(Oc2cc3c4c(cc(Oc5ccc(C(C)C)cc5)c5c6c(Oc7ccc(C(C)(C)C)cc7)cc7c8c(cc(Oc9ccc(C(C)C)cc9)c(c2c45)c86)C(=O)N(CC(=O)N2CCCCC2)C7=O)C(=O)N(CC(=O)N2CCCCC2)C3=O)cc1. The largest absolute Gasteiger partial charge is 0.457 e. The Morgan fingerprint density at radius 1 is 0.371 bits per heavy atom. The maximum atomic E-state index is 15.7. The average molecular weight is 1190 g/mol. The molecule has 0 spiro atoms. The number of ether oxygens (including phenoxy) is 4. The Kier molecular flexibility index (Phi) is 15.2. The van der Waals surface area contributed by atoms with Crippen molar-refractivity contribution in [2.24, 2.45) is 0 Å². The fourth-order valence-corrected chi connectivity index (χ4v) is 13.3. The molecule has 2 fully saturated rings. The van der Waals surface area contributed by atoms with E-state index in [1.807, 2.05) is 97.1 Å². The summed E-state index contributed by atoms with van der Waals surface area (Å²) in [6.07, 6.45) is 5.23. The van der Waals surface area contributed by atoms with E-state index in [9.17, 15) is 9.59 Å². The number of piperidine rings is 2. The van der Waals surface area contributed by atoms with Crippen LogP contribution in [0.1, 0.15) is 182 Å². The van der Waals surface area contributed by atoms with Gasteiger partial charge in [-0.3, -0.25) is 38.6 Å². The standard InChI is InChI=1S/C75H74N4O10/c1-42(2)45-16-24-49(25-17-45)86-57-36-53-63-54(72(83)78(71(53)82)40-61(80)76-32-12-10-13-33-76)38-59(88-51-28-20-47(21-29-51)44(5)6)67-68-60(89-52-30-22-48(23-31-52)75(7,8)9)39-56-64-55(73(84)79(74(56)85)41-62(81)77-34-14-11-15-35-77)37-58(66(70(64)68)65(57)69(63)67)87-50-26-18-46(19-27-50)43(3)4/h16-31,36-39,42-44H,10-15,32-35,40-41H2,1-9H3. The molecule has 9 aromatic rings. The molecule has 2 saturated heterocycles. The molecule has 4 heterocycles. The van der Waals surface area contributed by atoms with E-state index in [1.54, 1.807) is 34.1 Å². The zero-order valence-electron chi connectivity index (χ0n) is 52.1. The predicted molar refractivity (Wildman–Crippen MR) is 346 cm³/mol. The van der Waals surface area contributed by atoms with Crippen LogP contribution in [0.2, 0.25) is 0 Å². The number of amides is 6. The van der Waals surface area contributed by atoms with Gasteiger partial charge >= 0.3 is 0 Å². The van der Waals surface area contributed by atoms with Crippen molar-refractivity contribution in [3.8, 4) is 46.0 Å². The minimum absolute atomic E-state index is 0.104. The van der Waals surface area contributed by atoms with Crippen LogP contribution >= 0.6 is 0 Å². The van der Waals surface area contributed by atoms with Gasteiger partial charge < -0.3 is 28.7 Å². The fraction of sp³-hybridized carbons (Fsp3) is 0.333. The lowest BCUT2D eigenvalue weighted by atomic mass is 9.80. The number of hydrogen-bond donors (Lipinski definition) is 0. The van der Waals surface area contributed by atoms with E-state index in [4.69, 9.17) is 18.9 Å². The van der Waals surface area contributed by atoms with Gasteiger partial charge in [0.05, 0.1) is 22.3 Å². The van der Waals surface area contributed by atoms with Crippen LogP contribution < -0.4 is 18.9 Å². The predicted octanol–water partition coefficient (Wildman–Crippen LogP) is 16.8. The molecular formula is C75H74N4O10. The Labute approximate surface area is 518 Å². The lowest BCUT2D eigenvalue weighted by Gasteiger charge is -2.34. The van der Waals surface area contributed by atoms with Crippen LogP contribution in [0, 0.1) is 0 Å². The van der Waals surface area contributed by atoms with Gasteiger partial charge in [0, 0.05) is 69.3 Å². The lowest BCUT2D eigenvalue weighted by molar-refractivity contribution is -0.133. The highest BCUT2D eigenvalue weighted by Crippen LogP contribution is 2.58. The molecule has 4 aliphatic rings. The number of rotatable bonds is 15. The van der Waals surface area contributed by atoms with Gasteiger partial charge in [0.1, 0.15) is 59.1 Å². The summed E-state index contributed by atoms with van der Waals surface area (Å²) in [4.78, 5) is 96.8. The summed E-state index contributed by atoms with van der Waals surface area (Å²) in [6, 6.07) is 37.4. The van der Waals surface area contributed by atoms with Crippen LogP contribution in [0.15, 0.2) is 121 Å². The molecule has 0 aliphatic carbocycles. The molecule has 0 bridgehead atoms. The smallest absolute Gasteiger partial charge is 0.262 e. The summed E-state index contributed by atoms with van der Waals surface area (Å²) < 4.78 is 28.8. The molecule has 0 saturated carbocycles. The zero-order valence-corrected chi connectivity index (χ0v) is 52.1. The molecule has 0 unspecified atom stereocenters. The molecule has 14 nitrogen and oxygen atoms in total. The second-order valence-electron chi connectivity index (χ2n) is 26.3. The number of hydrogen-bond acceptors (Lipinski definition) is 10. The molecule has 0 radical (unpaired) electrons. The van der Waals surface area contributed by atoms with E-state index in [0.717, 1.165) is 70.6 Å². The second-order valence-corrected chi connectivity index (χ2v) is 26.3. The number of carbonyl (C=O) groups is 6. The van der Waals surface area contributed by atoms with Gasteiger partial charge in [0.15, 0.2) is 0 Å². The van der Waals surface area contributed by atoms with Crippen molar-refractivity contribution in [2.45, 2.75) is 124 Å². The first kappa shape index (κ1) is 58.7. The number of imide groups is 2. The van der Waals surface area contributed by atoms with Gasteiger partial charge in [-0.1, -0.05) is 111 Å². The van der Waals surface area contributed by atoms with Crippen LogP contribution in [0.3, 0.4) is 0 Å². The first-order chi connectivity index (χ1) is 42.7. The second kappa shape index (κ2) is 23.0. The summed E-state index contributed by atoms with van der Waals surface area (Å²) >= 11 is 0. The summed E-state index contributed by atoms with van der Waals surface area (Å²) in [5, 5.41) is 2.79. The van der Waals surface area contributed by atoms with Crippen molar-refractivity contribution in [3.05, 3.63) is 166 Å². The average Bonchev–Trinajstić information content (AvgIpc) is 0.739. The van der Waals surface area contributed by atoms with Crippen molar-refractivity contribution in [1.82, 2.24) is 19.6 Å². The highest BCUT2D eigenvalue weighted by molar-refractivity contribution is 6.45. The molecule has 14 heteroatoms. The van der Waals surface area contributed by atoms with Crippen molar-refractivity contribution in [3.63, 3.8) is 0 Å². The van der Waals surface area contributed by atoms with Crippen molar-refractivity contribution in [2.75, 3.05) is 39.3 Å². The number of fused-ring (bicyclic) bond motifs is 2. The number of nitrogens with zero attached hydrogens (tertiary/aromatic N) is 4. The zero-order chi connectivity index (χ0) is 62.3. The summed E-state index contributed by atoms with van der Waals surface area (Å²) in [6.45, 7) is 20.1. The van der Waals surface area contributed by atoms with Crippen LogP contribution in [0.4, 0.5) is 0 Å². The molecule has 0 atom stereocenters. The summed E-state index contributed by atoms with van der Waals surface area (Å²) in [5.41, 5.74) is 4.47. The Balaban J connectivity index is 1.18. The first-order valence-corrected chi connectivity index (χ1v) is 31.5. The summed E-state index contributed by atoms with van der Waals surface area (Å²) in [7, 11) is 0. The van der Waals surface area contributed by atoms with Crippen LogP contribution in [-0.2, 0) is 15.0 Å². The van der Waals surface area contributed by atoms with Crippen LogP contribution in [0.25, 0.3) is 43.1 Å². The summed E-state index contributed by atoms with van der Waals surface area (Å²) in [5.74, 6) is -0.425. The Morgan fingerprint density at radius 3 is 0.876 bits per heavy atom. The lowest BCUT2D eigenvalue weighted by Crippen LogP contribution is -2.48. The maximum Gasteiger partial charge on any atom is 0.262 e. The molecule has 6 amide bonds. The fourth-order valence-electron chi connectivity index (χ4n) is 13.3. The third-order valence-corrected chi connectivity index (χ3v) is 18.3. The van der Waals surface area contributed by atoms with E-state index in [0.29, 0.717) is 81.5 Å². The van der Waals surface area contributed by atoms with E-state index in [-0.39, 0.29) is 91.0 Å². The quantitative estimate of drug-likeness (QED) is 0.0551. The maximum absolute atomic E-state index is 15.7. The Bertz CT molecular complexity index is 4320. The Hall–Kier alpha value is -9.30. The van der Waals surface area contributed by atoms with Gasteiger partial charge in [0.25, 0.3) is 23.6 Å². The third-order valence-electron chi connectivity index (χ3n) is 18.3. The highest BCUT2D eigenvalue weighted by Gasteiger charge is 2.43. The van der Waals surface area contributed by atoms with Crippen molar-refractivity contribution < 1.29 is 47.7 Å². The number of benzene rings is 9. The van der Waals surface area contributed by atoms with Gasteiger partial charge in [-0.15, -0.1) is 0 Å². The minimum atomic E-state index is -0.689. The third kappa shape index (κ3) is 10.6. The minimum Gasteiger partial charge on any atom is -0.457 e. The monoisotopic (exact) mass is 1190 g/mol. The molecule has 9 aromatic carbocycles. The normalized spacial score (nSPS) is 15.5. The molecule has 89 heavy (non-hydrogen) atoms. The highest BCUT2D eigenvalue weighted by atomic mass is 16.5. The van der Waals surface area contributed by atoms with E-state index >= 15 is 19.2 Å². The van der Waals surface area contributed by atoms with E-state index in [1.165, 1.54) is 0 Å². The topological polar surface area (TPSA) is 152 Å². The number of carbonyl (C=O) groups excluding carboxylic acids is 6. The molecule has 4 aliphatic heterocycles.